The lowest BCUT2D eigenvalue weighted by molar-refractivity contribution is -0.384. The summed E-state index contributed by atoms with van der Waals surface area (Å²) in [5, 5.41) is 11.2. The van der Waals surface area contributed by atoms with Crippen molar-refractivity contribution in [1.82, 2.24) is 4.90 Å². The number of nitrogens with zero attached hydrogens (tertiary/aromatic N) is 2. The lowest BCUT2D eigenvalue weighted by Gasteiger charge is -2.17. The van der Waals surface area contributed by atoms with Crippen LogP contribution in [-0.2, 0) is 0 Å². The van der Waals surface area contributed by atoms with Crippen LogP contribution in [0.2, 0.25) is 0 Å². The molecule has 108 valence electrons. The smallest absolute Gasteiger partial charge is 0.306 e. The second kappa shape index (κ2) is 5.46. The number of carbonyl (C=O) groups is 1. The summed E-state index contributed by atoms with van der Waals surface area (Å²) in [5.41, 5.74) is 2.17. The molecular formula is C13H18N4O3. The molecule has 20 heavy (non-hydrogen) atoms. The topological polar surface area (TPSA) is 102 Å². The van der Waals surface area contributed by atoms with Gasteiger partial charge in [-0.15, -0.1) is 0 Å². The molecule has 1 aromatic rings. The molecule has 0 aromatic heterocycles. The van der Waals surface area contributed by atoms with Gasteiger partial charge in [-0.3, -0.25) is 20.8 Å². The third-order valence-corrected chi connectivity index (χ3v) is 3.74. The highest BCUT2D eigenvalue weighted by Gasteiger charge is 2.35. The van der Waals surface area contributed by atoms with Gasteiger partial charge < -0.3 is 10.3 Å². The highest BCUT2D eigenvalue weighted by atomic mass is 16.6. The van der Waals surface area contributed by atoms with E-state index in [1.54, 1.807) is 13.1 Å². The fourth-order valence-corrected chi connectivity index (χ4v) is 2.32. The van der Waals surface area contributed by atoms with Crippen LogP contribution in [0.25, 0.3) is 0 Å². The van der Waals surface area contributed by atoms with Gasteiger partial charge in [0.15, 0.2) is 0 Å². The molecule has 0 saturated heterocycles. The van der Waals surface area contributed by atoms with E-state index >= 15 is 0 Å². The Balaban J connectivity index is 2.26. The molecule has 2 atom stereocenters. The van der Waals surface area contributed by atoms with E-state index in [0.29, 0.717) is 18.4 Å². The Morgan fingerprint density at radius 2 is 2.25 bits per heavy atom. The number of amides is 1. The number of anilines is 1. The summed E-state index contributed by atoms with van der Waals surface area (Å²) in [5.74, 6) is 6.03. The number of benzene rings is 1. The minimum absolute atomic E-state index is 0.0567. The van der Waals surface area contributed by atoms with E-state index in [1.165, 1.54) is 17.0 Å². The molecular weight excluding hydrogens is 260 g/mol. The van der Waals surface area contributed by atoms with Gasteiger partial charge in [-0.2, -0.15) is 0 Å². The van der Waals surface area contributed by atoms with Gasteiger partial charge in [0.2, 0.25) is 0 Å². The molecule has 0 radical (unpaired) electrons. The molecule has 2 unspecified atom stereocenters. The minimum Gasteiger partial charge on any atom is -0.341 e. The van der Waals surface area contributed by atoms with Gasteiger partial charge in [0.1, 0.15) is 11.3 Å². The maximum Gasteiger partial charge on any atom is 0.306 e. The van der Waals surface area contributed by atoms with Crippen LogP contribution in [0, 0.1) is 22.0 Å². The predicted molar refractivity (Wildman–Crippen MR) is 75.1 cm³/mol. The third kappa shape index (κ3) is 2.72. The molecule has 0 spiro atoms. The average Bonchev–Trinajstić information content (AvgIpc) is 3.11. The van der Waals surface area contributed by atoms with Crippen LogP contribution >= 0.6 is 0 Å². The number of para-hydroxylation sites is 1. The highest BCUT2D eigenvalue weighted by molar-refractivity contribution is 6.00. The van der Waals surface area contributed by atoms with E-state index in [-0.39, 0.29) is 22.8 Å². The first-order chi connectivity index (χ1) is 9.45. The van der Waals surface area contributed by atoms with E-state index in [2.05, 4.69) is 12.3 Å². The molecule has 3 N–H and O–H groups in total. The first-order valence-electron chi connectivity index (χ1n) is 6.45. The van der Waals surface area contributed by atoms with Crippen molar-refractivity contribution < 1.29 is 9.72 Å². The average molecular weight is 278 g/mol. The lowest BCUT2D eigenvalue weighted by atomic mass is 10.1. The Morgan fingerprint density at radius 3 is 2.75 bits per heavy atom. The zero-order chi connectivity index (χ0) is 14.9. The van der Waals surface area contributed by atoms with Crippen LogP contribution in [0.5, 0.6) is 0 Å². The van der Waals surface area contributed by atoms with Crippen LogP contribution in [0.15, 0.2) is 18.2 Å². The van der Waals surface area contributed by atoms with Crippen molar-refractivity contribution in [3.63, 3.8) is 0 Å². The fraction of sp³-hybridized carbons (Fsp3) is 0.462. The van der Waals surface area contributed by atoms with Crippen molar-refractivity contribution in [3.8, 4) is 0 Å². The molecule has 7 heteroatoms. The van der Waals surface area contributed by atoms with Crippen LogP contribution in [-0.4, -0.2) is 29.3 Å². The van der Waals surface area contributed by atoms with Crippen molar-refractivity contribution in [2.24, 2.45) is 17.7 Å². The fourth-order valence-electron chi connectivity index (χ4n) is 2.32. The maximum absolute atomic E-state index is 12.4. The van der Waals surface area contributed by atoms with Crippen molar-refractivity contribution in [2.75, 3.05) is 19.0 Å². The number of nitrogen functional groups attached to an aromatic ring is 1. The number of hydrogen-bond acceptors (Lipinski definition) is 5. The van der Waals surface area contributed by atoms with E-state index in [1.807, 2.05) is 0 Å². The first kappa shape index (κ1) is 14.3. The highest BCUT2D eigenvalue weighted by Crippen LogP contribution is 2.38. The molecule has 2 rings (SSSR count). The zero-order valence-electron chi connectivity index (χ0n) is 11.5. The molecule has 0 heterocycles. The van der Waals surface area contributed by atoms with Crippen LogP contribution in [0.3, 0.4) is 0 Å². The summed E-state index contributed by atoms with van der Waals surface area (Å²) in [7, 11) is 1.67. The number of nitro benzene ring substituents is 1. The molecule has 1 aliphatic carbocycles. The Hall–Kier alpha value is -2.15. The second-order valence-corrected chi connectivity index (χ2v) is 5.26. The largest absolute Gasteiger partial charge is 0.341 e. The van der Waals surface area contributed by atoms with Crippen molar-refractivity contribution in [1.29, 1.82) is 0 Å². The van der Waals surface area contributed by atoms with E-state index in [9.17, 15) is 14.9 Å². The van der Waals surface area contributed by atoms with Crippen molar-refractivity contribution in [3.05, 3.63) is 33.9 Å². The third-order valence-electron chi connectivity index (χ3n) is 3.74. The van der Waals surface area contributed by atoms with Gasteiger partial charge in [-0.05, 0) is 30.4 Å². The van der Waals surface area contributed by atoms with Gasteiger partial charge in [0, 0.05) is 13.6 Å². The van der Waals surface area contributed by atoms with E-state index in [4.69, 9.17) is 5.84 Å². The monoisotopic (exact) mass is 278 g/mol. The number of nitrogens with one attached hydrogen (secondary N) is 1. The predicted octanol–water partition coefficient (Wildman–Crippen LogP) is 1.61. The SMILES string of the molecule is CC1CC1CN(C)C(=O)c1cccc(NN)c1[N+](=O)[O-]. The second-order valence-electron chi connectivity index (χ2n) is 5.26. The minimum atomic E-state index is -0.587. The number of rotatable bonds is 5. The molecule has 1 fully saturated rings. The van der Waals surface area contributed by atoms with Gasteiger partial charge in [-0.1, -0.05) is 13.0 Å². The summed E-state index contributed by atoms with van der Waals surface area (Å²) in [6, 6.07) is 4.50. The van der Waals surface area contributed by atoms with Crippen molar-refractivity contribution >= 4 is 17.3 Å². The molecule has 1 saturated carbocycles. The molecule has 0 bridgehead atoms. The molecule has 1 aliphatic rings. The number of hydrazine groups is 1. The lowest BCUT2D eigenvalue weighted by Crippen LogP contribution is -2.30. The van der Waals surface area contributed by atoms with Crippen molar-refractivity contribution in [2.45, 2.75) is 13.3 Å². The Kier molecular flexibility index (Phi) is 3.89. The summed E-state index contributed by atoms with van der Waals surface area (Å²) >= 11 is 0. The summed E-state index contributed by atoms with van der Waals surface area (Å²) in [6.45, 7) is 2.75. The van der Waals surface area contributed by atoms with Crippen LogP contribution in [0.1, 0.15) is 23.7 Å². The normalized spacial score (nSPS) is 20.4. The molecule has 1 amide bonds. The summed E-state index contributed by atoms with van der Waals surface area (Å²) in [4.78, 5) is 24.5. The van der Waals surface area contributed by atoms with Gasteiger partial charge in [-0.25, -0.2) is 0 Å². The standard InChI is InChI=1S/C13H18N4O3/c1-8-6-9(8)7-16(2)13(18)10-4-3-5-11(15-14)12(10)17(19)20/h3-5,8-9,15H,6-7,14H2,1-2H3. The number of carbonyl (C=O) groups excluding carboxylic acids is 1. The summed E-state index contributed by atoms with van der Waals surface area (Å²) in [6.07, 6.45) is 1.10. The van der Waals surface area contributed by atoms with Gasteiger partial charge >= 0.3 is 5.69 Å². The number of hydrogen-bond donors (Lipinski definition) is 2. The Bertz CT molecular complexity index is 546. The molecule has 0 aliphatic heterocycles. The van der Waals surface area contributed by atoms with Gasteiger partial charge in [0.05, 0.1) is 4.92 Å². The molecule has 1 aromatic carbocycles. The quantitative estimate of drug-likeness (QED) is 0.484. The Labute approximate surface area is 116 Å². The number of nitrogens with two attached hydrogens (primary N) is 1. The zero-order valence-corrected chi connectivity index (χ0v) is 11.5. The van der Waals surface area contributed by atoms with E-state index < -0.39 is 4.92 Å². The summed E-state index contributed by atoms with van der Waals surface area (Å²) < 4.78 is 0. The maximum atomic E-state index is 12.4. The first-order valence-corrected chi connectivity index (χ1v) is 6.45. The van der Waals surface area contributed by atoms with Crippen LogP contribution in [0.4, 0.5) is 11.4 Å². The van der Waals surface area contributed by atoms with E-state index in [0.717, 1.165) is 6.42 Å². The Morgan fingerprint density at radius 1 is 1.60 bits per heavy atom. The number of nitro groups is 1. The molecule has 7 nitrogen and oxygen atoms in total. The van der Waals surface area contributed by atoms with Crippen LogP contribution < -0.4 is 11.3 Å². The van der Waals surface area contributed by atoms with Gasteiger partial charge in [0.25, 0.3) is 5.91 Å².